The van der Waals surface area contributed by atoms with Crippen molar-refractivity contribution in [3.8, 4) is 11.6 Å². The van der Waals surface area contributed by atoms with E-state index in [1.807, 2.05) is 13.8 Å². The maximum Gasteiger partial charge on any atom is 0.313 e. The minimum absolute atomic E-state index is 0.0144. The van der Waals surface area contributed by atoms with Gasteiger partial charge in [-0.15, -0.1) is 0 Å². The fourth-order valence-corrected chi connectivity index (χ4v) is 2.13. The van der Waals surface area contributed by atoms with Crippen LogP contribution in [0.1, 0.15) is 19.4 Å². The van der Waals surface area contributed by atoms with Gasteiger partial charge >= 0.3 is 5.56 Å². The molecule has 2 rings (SSSR count). The minimum atomic E-state index is -0.273. The van der Waals surface area contributed by atoms with Gasteiger partial charge < -0.3 is 15.0 Å². The number of hydrogen-bond acceptors (Lipinski definition) is 4. The van der Waals surface area contributed by atoms with Crippen molar-refractivity contribution < 1.29 is 4.74 Å². The zero-order valence-electron chi connectivity index (χ0n) is 12.0. The van der Waals surface area contributed by atoms with Gasteiger partial charge in [-0.25, -0.2) is 4.98 Å². The molecular weight excluding hydrogens is 290 g/mol. The first-order chi connectivity index (χ1) is 10.0. The van der Waals surface area contributed by atoms with Crippen LogP contribution in [0.25, 0.3) is 0 Å². The predicted molar refractivity (Wildman–Crippen MR) is 82.8 cm³/mol. The Morgan fingerprint density at radius 1 is 1.43 bits per heavy atom. The van der Waals surface area contributed by atoms with Crippen LogP contribution in [-0.2, 0) is 13.1 Å². The van der Waals surface area contributed by atoms with E-state index < -0.39 is 0 Å². The second-order valence-electron chi connectivity index (χ2n) is 5.15. The molecule has 0 saturated carbocycles. The summed E-state index contributed by atoms with van der Waals surface area (Å²) in [4.78, 5) is 16.2. The summed E-state index contributed by atoms with van der Waals surface area (Å²) >= 11 is 6.12. The van der Waals surface area contributed by atoms with Crippen LogP contribution in [0.2, 0.25) is 5.02 Å². The lowest BCUT2D eigenvalue weighted by Gasteiger charge is -2.11. The van der Waals surface area contributed by atoms with Crippen LogP contribution in [-0.4, -0.2) is 9.55 Å². The molecule has 6 heteroatoms. The van der Waals surface area contributed by atoms with E-state index in [-0.39, 0.29) is 11.4 Å². The summed E-state index contributed by atoms with van der Waals surface area (Å²) in [7, 11) is 0. The molecular formula is C15H18ClN3O2. The molecule has 0 atom stereocenters. The Hall–Kier alpha value is -1.85. The molecule has 0 spiro atoms. The first kappa shape index (κ1) is 15.5. The highest BCUT2D eigenvalue weighted by Crippen LogP contribution is 2.28. The van der Waals surface area contributed by atoms with Gasteiger partial charge in [-0.1, -0.05) is 31.5 Å². The third-order valence-electron chi connectivity index (χ3n) is 2.88. The Labute approximate surface area is 128 Å². The highest BCUT2D eigenvalue weighted by atomic mass is 35.5. The second-order valence-corrected chi connectivity index (χ2v) is 5.56. The van der Waals surface area contributed by atoms with Gasteiger partial charge in [0.1, 0.15) is 5.75 Å². The third-order valence-corrected chi connectivity index (χ3v) is 3.18. The summed E-state index contributed by atoms with van der Waals surface area (Å²) in [6.45, 7) is 5.08. The van der Waals surface area contributed by atoms with Crippen molar-refractivity contribution in [3.63, 3.8) is 0 Å². The fraction of sp³-hybridized carbons (Fsp3) is 0.333. The van der Waals surface area contributed by atoms with Crippen molar-refractivity contribution in [3.05, 3.63) is 51.5 Å². The number of benzene rings is 1. The van der Waals surface area contributed by atoms with Crippen LogP contribution in [0.15, 0.2) is 35.4 Å². The normalized spacial score (nSPS) is 10.9. The summed E-state index contributed by atoms with van der Waals surface area (Å²) in [6.07, 6.45) is 3.19. The molecule has 1 aromatic carbocycles. The monoisotopic (exact) mass is 307 g/mol. The lowest BCUT2D eigenvalue weighted by atomic mass is 10.2. The quantitative estimate of drug-likeness (QED) is 0.922. The number of aromatic nitrogens is 2. The second kappa shape index (κ2) is 6.74. The predicted octanol–water partition coefficient (Wildman–Crippen LogP) is 2.80. The Balaban J connectivity index is 2.30. The van der Waals surface area contributed by atoms with Crippen molar-refractivity contribution in [2.45, 2.75) is 26.9 Å². The standard InChI is InChI=1S/C15H18ClN3O2/c1-10(2)9-19-6-5-18-14(15(19)20)21-13-4-3-11(8-17)7-12(13)16/h3-7,10H,8-9,17H2,1-2H3. The van der Waals surface area contributed by atoms with Gasteiger partial charge in [-0.05, 0) is 23.6 Å². The average Bonchev–Trinajstić information content (AvgIpc) is 2.44. The number of hydrogen-bond donors (Lipinski definition) is 1. The summed E-state index contributed by atoms with van der Waals surface area (Å²) in [6, 6.07) is 5.20. The number of nitrogens with two attached hydrogens (primary N) is 1. The summed E-state index contributed by atoms with van der Waals surface area (Å²) in [5.74, 6) is 0.756. The van der Waals surface area contributed by atoms with E-state index in [1.165, 1.54) is 0 Å². The molecule has 0 aliphatic heterocycles. The van der Waals surface area contributed by atoms with Gasteiger partial charge in [-0.3, -0.25) is 4.79 Å². The molecule has 112 valence electrons. The molecule has 2 aromatic rings. The van der Waals surface area contributed by atoms with Crippen LogP contribution >= 0.6 is 11.6 Å². The van der Waals surface area contributed by atoms with Crippen LogP contribution in [0.3, 0.4) is 0 Å². The molecule has 0 unspecified atom stereocenters. The van der Waals surface area contributed by atoms with Crippen molar-refractivity contribution in [2.24, 2.45) is 11.7 Å². The molecule has 0 fully saturated rings. The number of ether oxygens (including phenoxy) is 1. The van der Waals surface area contributed by atoms with Gasteiger partial charge in [0, 0.05) is 25.5 Å². The smallest absolute Gasteiger partial charge is 0.313 e. The van der Waals surface area contributed by atoms with E-state index in [0.29, 0.717) is 29.8 Å². The molecule has 0 saturated heterocycles. The molecule has 1 aromatic heterocycles. The van der Waals surface area contributed by atoms with E-state index in [2.05, 4.69) is 4.98 Å². The van der Waals surface area contributed by atoms with Gasteiger partial charge in [0.15, 0.2) is 0 Å². The first-order valence-electron chi connectivity index (χ1n) is 6.73. The molecule has 0 aliphatic carbocycles. The van der Waals surface area contributed by atoms with E-state index in [4.69, 9.17) is 22.1 Å². The number of halogens is 1. The molecule has 2 N–H and O–H groups in total. The van der Waals surface area contributed by atoms with Crippen LogP contribution in [0.5, 0.6) is 11.6 Å². The van der Waals surface area contributed by atoms with Crippen LogP contribution < -0.4 is 16.0 Å². The maximum absolute atomic E-state index is 12.3. The van der Waals surface area contributed by atoms with Gasteiger partial charge in [0.25, 0.3) is 5.88 Å². The number of rotatable bonds is 5. The van der Waals surface area contributed by atoms with Gasteiger partial charge in [0.2, 0.25) is 0 Å². The van der Waals surface area contributed by atoms with E-state index in [9.17, 15) is 4.79 Å². The molecule has 0 bridgehead atoms. The zero-order valence-corrected chi connectivity index (χ0v) is 12.8. The highest BCUT2D eigenvalue weighted by Gasteiger charge is 2.11. The zero-order chi connectivity index (χ0) is 15.4. The Morgan fingerprint density at radius 2 is 2.19 bits per heavy atom. The average molecular weight is 308 g/mol. The highest BCUT2D eigenvalue weighted by molar-refractivity contribution is 6.32. The molecule has 0 radical (unpaired) electrons. The Bertz CT molecular complexity index is 683. The molecule has 5 nitrogen and oxygen atoms in total. The molecule has 21 heavy (non-hydrogen) atoms. The Kier molecular flexibility index (Phi) is 4.98. The first-order valence-corrected chi connectivity index (χ1v) is 7.11. The van der Waals surface area contributed by atoms with Crippen molar-refractivity contribution >= 4 is 11.6 Å². The Morgan fingerprint density at radius 3 is 2.81 bits per heavy atom. The maximum atomic E-state index is 12.3. The SMILES string of the molecule is CC(C)Cn1ccnc(Oc2ccc(CN)cc2Cl)c1=O. The van der Waals surface area contributed by atoms with E-state index in [1.54, 1.807) is 35.2 Å². The van der Waals surface area contributed by atoms with Crippen LogP contribution in [0.4, 0.5) is 0 Å². The van der Waals surface area contributed by atoms with Crippen molar-refractivity contribution in [1.82, 2.24) is 9.55 Å². The lowest BCUT2D eigenvalue weighted by molar-refractivity contribution is 0.432. The molecule has 0 amide bonds. The molecule has 0 aliphatic rings. The topological polar surface area (TPSA) is 70.1 Å². The summed E-state index contributed by atoms with van der Waals surface area (Å²) < 4.78 is 7.12. The molecule has 1 heterocycles. The van der Waals surface area contributed by atoms with Crippen molar-refractivity contribution in [2.75, 3.05) is 0 Å². The number of nitrogens with zero attached hydrogens (tertiary/aromatic N) is 2. The van der Waals surface area contributed by atoms with E-state index >= 15 is 0 Å². The van der Waals surface area contributed by atoms with Gasteiger partial charge in [-0.2, -0.15) is 0 Å². The third kappa shape index (κ3) is 3.83. The summed E-state index contributed by atoms with van der Waals surface area (Å²) in [5, 5.41) is 0.401. The van der Waals surface area contributed by atoms with E-state index in [0.717, 1.165) is 5.56 Å². The van der Waals surface area contributed by atoms with Crippen molar-refractivity contribution in [1.29, 1.82) is 0 Å². The fourth-order valence-electron chi connectivity index (χ4n) is 1.89. The minimum Gasteiger partial charge on any atom is -0.433 e. The van der Waals surface area contributed by atoms with Crippen LogP contribution in [0, 0.1) is 5.92 Å². The largest absolute Gasteiger partial charge is 0.433 e. The lowest BCUT2D eigenvalue weighted by Crippen LogP contribution is -2.23. The van der Waals surface area contributed by atoms with Gasteiger partial charge in [0.05, 0.1) is 5.02 Å². The summed E-state index contributed by atoms with van der Waals surface area (Å²) in [5.41, 5.74) is 6.17.